The van der Waals surface area contributed by atoms with Crippen LogP contribution in [-0.4, -0.2) is 19.1 Å². The van der Waals surface area contributed by atoms with Gasteiger partial charge in [0.25, 0.3) is 0 Å². The number of benzene rings is 1. The minimum atomic E-state index is 0.244. The molecule has 2 aromatic rings. The van der Waals surface area contributed by atoms with Crippen LogP contribution in [0.5, 0.6) is 0 Å². The monoisotopic (exact) mass is 283 g/mol. The molecule has 0 bridgehead atoms. The molecule has 0 aliphatic rings. The summed E-state index contributed by atoms with van der Waals surface area (Å²) in [5, 5.41) is 3.61. The second-order valence-electron chi connectivity index (χ2n) is 5.95. The summed E-state index contributed by atoms with van der Waals surface area (Å²) in [6.07, 6.45) is 1.83. The van der Waals surface area contributed by atoms with Gasteiger partial charge in [-0.15, -0.1) is 0 Å². The normalized spacial score (nSPS) is 12.1. The van der Waals surface area contributed by atoms with E-state index in [4.69, 9.17) is 0 Å². The summed E-state index contributed by atoms with van der Waals surface area (Å²) < 4.78 is 0. The molecule has 3 heteroatoms. The average molecular weight is 283 g/mol. The van der Waals surface area contributed by atoms with Crippen molar-refractivity contribution in [2.24, 2.45) is 0 Å². The van der Waals surface area contributed by atoms with Crippen LogP contribution < -0.4 is 10.2 Å². The van der Waals surface area contributed by atoms with E-state index >= 15 is 0 Å². The number of aromatic nitrogens is 1. The van der Waals surface area contributed by atoms with Crippen LogP contribution in [-0.2, 0) is 0 Å². The van der Waals surface area contributed by atoms with Gasteiger partial charge in [-0.05, 0) is 56.5 Å². The number of nitrogens with zero attached hydrogens (tertiary/aromatic N) is 2. The molecule has 0 radical (unpaired) electrons. The zero-order chi connectivity index (χ0) is 15.6. The Bertz CT molecular complexity index is 609. The van der Waals surface area contributed by atoms with E-state index in [2.05, 4.69) is 56.2 Å². The van der Waals surface area contributed by atoms with Crippen LogP contribution in [0.4, 0.5) is 11.5 Å². The maximum Gasteiger partial charge on any atom is 0.151 e. The van der Waals surface area contributed by atoms with E-state index in [1.54, 1.807) is 0 Å². The van der Waals surface area contributed by atoms with Crippen molar-refractivity contribution in [1.29, 1.82) is 0 Å². The van der Waals surface area contributed by atoms with Crippen LogP contribution in [0.25, 0.3) is 0 Å². The van der Waals surface area contributed by atoms with Crippen molar-refractivity contribution in [2.75, 3.05) is 24.3 Å². The lowest BCUT2D eigenvalue weighted by molar-refractivity contribution is 0.858. The van der Waals surface area contributed by atoms with Gasteiger partial charge in [0.1, 0.15) is 0 Å². The summed E-state index contributed by atoms with van der Waals surface area (Å²) in [6.45, 7) is 8.72. The van der Waals surface area contributed by atoms with Gasteiger partial charge in [0, 0.05) is 26.3 Å². The number of rotatable bonds is 4. The number of anilines is 2. The largest absolute Gasteiger partial charge is 0.376 e. The molecule has 3 nitrogen and oxygen atoms in total. The molecule has 2 rings (SSSR count). The fraction of sp³-hybridized carbons (Fsp3) is 0.389. The fourth-order valence-electron chi connectivity index (χ4n) is 3.05. The molecule has 0 amide bonds. The maximum atomic E-state index is 4.45. The lowest BCUT2D eigenvalue weighted by atomic mass is 9.95. The van der Waals surface area contributed by atoms with Gasteiger partial charge in [-0.3, -0.25) is 0 Å². The molecule has 1 N–H and O–H groups in total. The molecule has 21 heavy (non-hydrogen) atoms. The Labute approximate surface area is 128 Å². The zero-order valence-electron chi connectivity index (χ0n) is 13.9. The number of hydrogen-bond donors (Lipinski definition) is 1. The van der Waals surface area contributed by atoms with E-state index in [0.29, 0.717) is 0 Å². The molecule has 0 aliphatic heterocycles. The SMILES string of the molecule is Cc1cc(C)c(C(C)Nc2cccnc2N(C)C)c(C)c1. The number of pyridine rings is 1. The summed E-state index contributed by atoms with van der Waals surface area (Å²) in [6, 6.07) is 8.79. The van der Waals surface area contributed by atoms with Crippen molar-refractivity contribution >= 4 is 11.5 Å². The second kappa shape index (κ2) is 6.17. The van der Waals surface area contributed by atoms with Gasteiger partial charge in [-0.2, -0.15) is 0 Å². The molecule has 112 valence electrons. The Hall–Kier alpha value is -2.03. The van der Waals surface area contributed by atoms with Crippen LogP contribution in [0.2, 0.25) is 0 Å². The maximum absolute atomic E-state index is 4.45. The lowest BCUT2D eigenvalue weighted by Crippen LogP contribution is -2.16. The highest BCUT2D eigenvalue weighted by Crippen LogP contribution is 2.29. The Morgan fingerprint density at radius 2 is 1.71 bits per heavy atom. The van der Waals surface area contributed by atoms with Gasteiger partial charge in [0.2, 0.25) is 0 Å². The first-order valence-corrected chi connectivity index (χ1v) is 7.36. The predicted molar refractivity (Wildman–Crippen MR) is 91.3 cm³/mol. The minimum absolute atomic E-state index is 0.244. The molecule has 0 saturated heterocycles. The van der Waals surface area contributed by atoms with Gasteiger partial charge < -0.3 is 10.2 Å². The second-order valence-corrected chi connectivity index (χ2v) is 5.95. The minimum Gasteiger partial charge on any atom is -0.376 e. The van der Waals surface area contributed by atoms with Crippen LogP contribution >= 0.6 is 0 Å². The highest BCUT2D eigenvalue weighted by Gasteiger charge is 2.14. The first-order valence-electron chi connectivity index (χ1n) is 7.36. The van der Waals surface area contributed by atoms with E-state index in [1.165, 1.54) is 22.3 Å². The Kier molecular flexibility index (Phi) is 4.51. The number of hydrogen-bond acceptors (Lipinski definition) is 3. The Morgan fingerprint density at radius 3 is 2.29 bits per heavy atom. The molecule has 0 saturated carbocycles. The Balaban J connectivity index is 2.33. The summed E-state index contributed by atoms with van der Waals surface area (Å²) in [4.78, 5) is 6.48. The smallest absolute Gasteiger partial charge is 0.151 e. The van der Waals surface area contributed by atoms with Crippen molar-refractivity contribution in [1.82, 2.24) is 4.98 Å². The van der Waals surface area contributed by atoms with Gasteiger partial charge >= 0.3 is 0 Å². The topological polar surface area (TPSA) is 28.2 Å². The Morgan fingerprint density at radius 1 is 1.10 bits per heavy atom. The quantitative estimate of drug-likeness (QED) is 0.909. The van der Waals surface area contributed by atoms with Crippen molar-refractivity contribution in [3.63, 3.8) is 0 Å². The zero-order valence-corrected chi connectivity index (χ0v) is 13.9. The molecule has 0 spiro atoms. The number of aryl methyl sites for hydroxylation is 3. The van der Waals surface area contributed by atoms with Crippen LogP contribution in [0.15, 0.2) is 30.5 Å². The standard InChI is InChI=1S/C18H25N3/c1-12-10-13(2)17(14(3)11-12)15(4)20-16-8-7-9-19-18(16)21(5)6/h7-11,15,20H,1-6H3. The highest BCUT2D eigenvalue weighted by atomic mass is 15.2. The average Bonchev–Trinajstić information content (AvgIpc) is 2.37. The third-order valence-corrected chi connectivity index (χ3v) is 3.75. The van der Waals surface area contributed by atoms with Crippen LogP contribution in [0, 0.1) is 20.8 Å². The molecular weight excluding hydrogens is 258 g/mol. The summed E-state index contributed by atoms with van der Waals surface area (Å²) in [7, 11) is 4.03. The first-order chi connectivity index (χ1) is 9.90. The highest BCUT2D eigenvalue weighted by molar-refractivity contribution is 5.65. The lowest BCUT2D eigenvalue weighted by Gasteiger charge is -2.23. The molecule has 0 aliphatic carbocycles. The first kappa shape index (κ1) is 15.4. The van der Waals surface area contributed by atoms with Gasteiger partial charge in [-0.25, -0.2) is 4.98 Å². The molecule has 1 atom stereocenters. The van der Waals surface area contributed by atoms with Crippen molar-refractivity contribution in [2.45, 2.75) is 33.7 Å². The van der Waals surface area contributed by atoms with Gasteiger partial charge in [-0.1, -0.05) is 17.7 Å². The van der Waals surface area contributed by atoms with E-state index in [1.807, 2.05) is 31.3 Å². The molecule has 1 aromatic carbocycles. The molecule has 0 fully saturated rings. The molecular formula is C18H25N3. The van der Waals surface area contributed by atoms with E-state index in [9.17, 15) is 0 Å². The third kappa shape index (κ3) is 3.35. The van der Waals surface area contributed by atoms with Gasteiger partial charge in [0.15, 0.2) is 5.82 Å². The summed E-state index contributed by atoms with van der Waals surface area (Å²) in [5.41, 5.74) is 6.42. The van der Waals surface area contributed by atoms with Crippen molar-refractivity contribution in [3.05, 3.63) is 52.7 Å². The van der Waals surface area contributed by atoms with E-state index in [-0.39, 0.29) is 6.04 Å². The van der Waals surface area contributed by atoms with E-state index < -0.39 is 0 Å². The van der Waals surface area contributed by atoms with Crippen LogP contribution in [0.1, 0.15) is 35.2 Å². The summed E-state index contributed by atoms with van der Waals surface area (Å²) >= 11 is 0. The predicted octanol–water partition coefficient (Wildman–Crippen LogP) is 4.25. The summed E-state index contributed by atoms with van der Waals surface area (Å²) in [5.74, 6) is 0.965. The van der Waals surface area contributed by atoms with Crippen LogP contribution in [0.3, 0.4) is 0 Å². The molecule has 1 aromatic heterocycles. The van der Waals surface area contributed by atoms with Crippen molar-refractivity contribution < 1.29 is 0 Å². The van der Waals surface area contributed by atoms with Crippen molar-refractivity contribution in [3.8, 4) is 0 Å². The fourth-order valence-corrected chi connectivity index (χ4v) is 3.05. The third-order valence-electron chi connectivity index (χ3n) is 3.75. The molecule has 1 heterocycles. The molecule has 1 unspecified atom stereocenters. The van der Waals surface area contributed by atoms with Gasteiger partial charge in [0.05, 0.1) is 5.69 Å². The number of nitrogens with one attached hydrogen (secondary N) is 1. The van der Waals surface area contributed by atoms with E-state index in [0.717, 1.165) is 11.5 Å².